The first-order valence-corrected chi connectivity index (χ1v) is 4.50. The van der Waals surface area contributed by atoms with E-state index in [2.05, 4.69) is 14.5 Å². The van der Waals surface area contributed by atoms with Gasteiger partial charge in [0.05, 0.1) is 19.8 Å². The maximum Gasteiger partial charge on any atom is 0.339 e. The number of rotatable bonds is 3. The number of methoxy groups -OCH3 is 2. The first-order valence-electron chi connectivity index (χ1n) is 4.12. The summed E-state index contributed by atoms with van der Waals surface area (Å²) in [5, 5.41) is -0.0349. The Bertz CT molecular complexity index is 412. The third-order valence-corrected chi connectivity index (χ3v) is 2.05. The summed E-state index contributed by atoms with van der Waals surface area (Å²) >= 11 is 5.67. The molecule has 0 aliphatic carbocycles. The Morgan fingerprint density at radius 2 is 2.12 bits per heavy atom. The average molecular weight is 252 g/mol. The van der Waals surface area contributed by atoms with Gasteiger partial charge in [0, 0.05) is 0 Å². The molecule has 1 heterocycles. The third-order valence-electron chi connectivity index (χ3n) is 1.78. The smallest absolute Gasteiger partial charge is 0.339 e. The number of pyridine rings is 1. The highest BCUT2D eigenvalue weighted by Crippen LogP contribution is 2.30. The number of ether oxygens (including phenoxy) is 2. The van der Waals surface area contributed by atoms with Crippen molar-refractivity contribution in [2.75, 3.05) is 14.2 Å². The maximum absolute atomic E-state index is 12.6. The normalized spacial score (nSPS) is 10.4. The predicted octanol–water partition coefficient (Wildman–Crippen LogP) is 2.47. The molecule has 0 fully saturated rings. The molecule has 0 saturated carbocycles. The molecule has 0 saturated heterocycles. The van der Waals surface area contributed by atoms with Gasteiger partial charge in [0.25, 0.3) is 6.43 Å². The molecule has 0 bridgehead atoms. The molecule has 0 radical (unpaired) electrons. The molecular weight excluding hydrogens is 244 g/mol. The van der Waals surface area contributed by atoms with Crippen LogP contribution >= 0.6 is 11.6 Å². The molecule has 4 nitrogen and oxygen atoms in total. The molecule has 1 aromatic rings. The summed E-state index contributed by atoms with van der Waals surface area (Å²) in [4.78, 5) is 14.6. The Balaban J connectivity index is 3.36. The van der Waals surface area contributed by atoms with Crippen LogP contribution in [0.15, 0.2) is 6.07 Å². The fraction of sp³-hybridized carbons (Fsp3) is 0.333. The lowest BCUT2D eigenvalue weighted by atomic mass is 10.2. The van der Waals surface area contributed by atoms with Crippen LogP contribution in [0.2, 0.25) is 5.02 Å². The van der Waals surface area contributed by atoms with E-state index in [9.17, 15) is 13.6 Å². The van der Waals surface area contributed by atoms with Gasteiger partial charge in [-0.2, -0.15) is 0 Å². The largest absolute Gasteiger partial charge is 0.480 e. The first kappa shape index (κ1) is 12.6. The summed E-state index contributed by atoms with van der Waals surface area (Å²) in [6.07, 6.45) is -2.92. The van der Waals surface area contributed by atoms with Crippen LogP contribution in [0.5, 0.6) is 5.88 Å². The molecule has 0 amide bonds. The molecule has 0 spiro atoms. The lowest BCUT2D eigenvalue weighted by Gasteiger charge is -2.09. The monoisotopic (exact) mass is 251 g/mol. The quantitative estimate of drug-likeness (QED) is 0.775. The zero-order chi connectivity index (χ0) is 12.3. The summed E-state index contributed by atoms with van der Waals surface area (Å²) in [6.45, 7) is 0. The van der Waals surface area contributed by atoms with Crippen LogP contribution in [0.3, 0.4) is 0 Å². The Morgan fingerprint density at radius 3 is 2.56 bits per heavy atom. The number of hydrogen-bond acceptors (Lipinski definition) is 4. The Morgan fingerprint density at radius 1 is 1.50 bits per heavy atom. The molecule has 0 N–H and O–H groups in total. The van der Waals surface area contributed by atoms with Crippen molar-refractivity contribution >= 4 is 17.6 Å². The van der Waals surface area contributed by atoms with E-state index in [0.717, 1.165) is 13.2 Å². The van der Waals surface area contributed by atoms with Gasteiger partial charge in [0.2, 0.25) is 5.88 Å². The molecule has 0 aliphatic rings. The molecular formula is C9H8ClF2NO3. The van der Waals surface area contributed by atoms with Crippen LogP contribution in [-0.2, 0) is 4.74 Å². The van der Waals surface area contributed by atoms with Gasteiger partial charge in [-0.1, -0.05) is 11.6 Å². The van der Waals surface area contributed by atoms with Gasteiger partial charge in [0.1, 0.15) is 10.7 Å². The third kappa shape index (κ3) is 2.38. The Labute approximate surface area is 95.1 Å². The van der Waals surface area contributed by atoms with Gasteiger partial charge in [-0.25, -0.2) is 18.6 Å². The van der Waals surface area contributed by atoms with Crippen molar-refractivity contribution in [3.63, 3.8) is 0 Å². The Hall–Kier alpha value is -1.43. The highest BCUT2D eigenvalue weighted by Gasteiger charge is 2.23. The fourth-order valence-corrected chi connectivity index (χ4v) is 1.30. The molecule has 16 heavy (non-hydrogen) atoms. The second kappa shape index (κ2) is 5.07. The van der Waals surface area contributed by atoms with E-state index in [4.69, 9.17) is 11.6 Å². The van der Waals surface area contributed by atoms with Crippen molar-refractivity contribution in [3.8, 4) is 5.88 Å². The van der Waals surface area contributed by atoms with E-state index in [-0.39, 0.29) is 16.5 Å². The number of carbonyl (C=O) groups is 1. The zero-order valence-corrected chi connectivity index (χ0v) is 9.22. The number of alkyl halides is 2. The van der Waals surface area contributed by atoms with E-state index in [1.54, 1.807) is 0 Å². The van der Waals surface area contributed by atoms with Crippen molar-refractivity contribution in [3.05, 3.63) is 22.3 Å². The number of hydrogen-bond donors (Lipinski definition) is 0. The number of nitrogens with zero attached hydrogens (tertiary/aromatic N) is 1. The van der Waals surface area contributed by atoms with Gasteiger partial charge in [-0.05, 0) is 6.07 Å². The maximum atomic E-state index is 12.6. The van der Waals surface area contributed by atoms with Crippen LogP contribution in [0, 0.1) is 0 Å². The highest BCUT2D eigenvalue weighted by atomic mass is 35.5. The minimum absolute atomic E-state index is 0.0349. The van der Waals surface area contributed by atoms with Crippen LogP contribution in [-0.4, -0.2) is 25.2 Å². The number of carbonyl (C=O) groups excluding carboxylic acids is 1. The van der Waals surface area contributed by atoms with E-state index in [1.165, 1.54) is 7.11 Å². The number of esters is 1. The first-order chi connectivity index (χ1) is 7.51. The van der Waals surface area contributed by atoms with E-state index in [1.807, 2.05) is 0 Å². The van der Waals surface area contributed by atoms with Crippen molar-refractivity contribution in [2.45, 2.75) is 6.43 Å². The molecule has 0 aromatic carbocycles. The van der Waals surface area contributed by atoms with Crippen molar-refractivity contribution in [2.24, 2.45) is 0 Å². The molecule has 7 heteroatoms. The Kier molecular flexibility index (Phi) is 4.00. The lowest BCUT2D eigenvalue weighted by molar-refractivity contribution is 0.0587. The van der Waals surface area contributed by atoms with Crippen molar-refractivity contribution < 1.29 is 23.0 Å². The molecule has 1 rings (SSSR count). The minimum Gasteiger partial charge on any atom is -0.480 e. The number of halogens is 3. The average Bonchev–Trinajstić information content (AvgIpc) is 2.27. The molecule has 88 valence electrons. The van der Waals surface area contributed by atoms with Gasteiger partial charge in [-0.15, -0.1) is 0 Å². The summed E-state index contributed by atoms with van der Waals surface area (Å²) in [6, 6.07) is 1.04. The van der Waals surface area contributed by atoms with Gasteiger partial charge < -0.3 is 9.47 Å². The van der Waals surface area contributed by atoms with Gasteiger partial charge in [0.15, 0.2) is 0 Å². The predicted molar refractivity (Wildman–Crippen MR) is 52.1 cm³/mol. The standard InChI is InChI=1S/C9H8ClF2NO3/c1-15-8-5(10)3-4(9(14)16-2)6(13-8)7(11)12/h3,7H,1-2H3. The van der Waals surface area contributed by atoms with Gasteiger partial charge >= 0.3 is 5.97 Å². The van der Waals surface area contributed by atoms with E-state index in [0.29, 0.717) is 0 Å². The SMILES string of the molecule is COC(=O)c1cc(Cl)c(OC)nc1C(F)F. The van der Waals surface area contributed by atoms with Gasteiger partial charge in [-0.3, -0.25) is 0 Å². The summed E-state index contributed by atoms with van der Waals surface area (Å²) in [5.41, 5.74) is -1.09. The summed E-state index contributed by atoms with van der Waals surface area (Å²) in [7, 11) is 2.32. The zero-order valence-electron chi connectivity index (χ0n) is 8.46. The van der Waals surface area contributed by atoms with Crippen molar-refractivity contribution in [1.29, 1.82) is 0 Å². The van der Waals surface area contributed by atoms with E-state index < -0.39 is 18.1 Å². The summed E-state index contributed by atoms with van der Waals surface area (Å²) < 4.78 is 34.2. The fourth-order valence-electron chi connectivity index (χ4n) is 1.07. The topological polar surface area (TPSA) is 48.4 Å². The summed E-state index contributed by atoms with van der Waals surface area (Å²) in [5.74, 6) is -1.09. The van der Waals surface area contributed by atoms with Crippen molar-refractivity contribution in [1.82, 2.24) is 4.98 Å². The lowest BCUT2D eigenvalue weighted by Crippen LogP contribution is -2.09. The second-order valence-electron chi connectivity index (χ2n) is 2.70. The molecule has 0 atom stereocenters. The highest BCUT2D eigenvalue weighted by molar-refractivity contribution is 6.32. The second-order valence-corrected chi connectivity index (χ2v) is 3.11. The number of aromatic nitrogens is 1. The molecule has 0 aliphatic heterocycles. The minimum atomic E-state index is -2.92. The van der Waals surface area contributed by atoms with Crippen LogP contribution < -0.4 is 4.74 Å². The molecule has 1 aromatic heterocycles. The van der Waals surface area contributed by atoms with Crippen LogP contribution in [0.1, 0.15) is 22.5 Å². The molecule has 0 unspecified atom stereocenters. The van der Waals surface area contributed by atoms with Crippen LogP contribution in [0.4, 0.5) is 8.78 Å². The van der Waals surface area contributed by atoms with Crippen LogP contribution in [0.25, 0.3) is 0 Å². The van der Waals surface area contributed by atoms with E-state index >= 15 is 0 Å².